The summed E-state index contributed by atoms with van der Waals surface area (Å²) in [5.41, 5.74) is 7.23. The quantitative estimate of drug-likeness (QED) is 0.112. The summed E-state index contributed by atoms with van der Waals surface area (Å²) in [5, 5.41) is 4.80. The van der Waals surface area contributed by atoms with Crippen LogP contribution in [0.1, 0.15) is 0 Å². The van der Waals surface area contributed by atoms with Crippen LogP contribution in [-0.4, -0.2) is 0 Å². The van der Waals surface area contributed by atoms with Gasteiger partial charge in [-0.1, -0.05) is 146 Å². The molecule has 0 bridgehead atoms. The molecule has 0 amide bonds. The van der Waals surface area contributed by atoms with Gasteiger partial charge in [0, 0.05) is 50.2 Å². The normalized spacial score (nSPS) is 12.0. The smallest absolute Gasteiger partial charge is 0.186 e. The fraction of sp³-hybridized carbons (Fsp3) is 0. The zero-order valence-electron chi connectivity index (χ0n) is 37.1. The molecule has 0 unspecified atom stereocenters. The molecule has 2 heterocycles. The first-order valence-electron chi connectivity index (χ1n) is 22.9. The topological polar surface area (TPSA) is 22.9 Å². The lowest BCUT2D eigenvalue weighted by molar-refractivity contribution is 0.461. The molecule has 1 aliphatic heterocycles. The van der Waals surface area contributed by atoms with Crippen LogP contribution in [0.4, 0.5) is 68.7 Å². The number of fused-ring (bicyclic) bond motifs is 6. The lowest BCUT2D eigenvalue weighted by atomic mass is 9.86. The van der Waals surface area contributed by atoms with Gasteiger partial charge in [0.15, 0.2) is 28.9 Å². The van der Waals surface area contributed by atoms with Gasteiger partial charge >= 0.3 is 0 Å². The second-order valence-corrected chi connectivity index (χ2v) is 17.3. The SMILES string of the molecule is Fc1c(F)c(N(c2ccccc2)c2ccc3ccccc3c2)c(F)c(F)c1-c1ccc2c3c(cccc13)N(c1ccccc1)c1cc(N(c3ccccc3)c3cccc4c3oc3ccccc34)ccc1-2. The van der Waals surface area contributed by atoms with Gasteiger partial charge in [0.25, 0.3) is 0 Å². The van der Waals surface area contributed by atoms with E-state index >= 15 is 17.6 Å². The van der Waals surface area contributed by atoms with E-state index in [0.717, 1.165) is 78.0 Å². The third-order valence-electron chi connectivity index (χ3n) is 13.4. The molecule has 12 aromatic rings. The maximum absolute atomic E-state index is 17.2. The Bertz CT molecular complexity index is 4000. The Labute approximate surface area is 399 Å². The fourth-order valence-electron chi connectivity index (χ4n) is 10.3. The minimum absolute atomic E-state index is 0.0131. The van der Waals surface area contributed by atoms with Crippen LogP contribution in [0.25, 0.3) is 65.7 Å². The highest BCUT2D eigenvalue weighted by Gasteiger charge is 2.34. The van der Waals surface area contributed by atoms with Crippen LogP contribution in [0.3, 0.4) is 0 Å². The number of hydrogen-bond acceptors (Lipinski definition) is 4. The van der Waals surface area contributed by atoms with Crippen LogP contribution >= 0.6 is 0 Å². The number of anilines is 9. The van der Waals surface area contributed by atoms with E-state index in [1.807, 2.05) is 115 Å². The summed E-state index contributed by atoms with van der Waals surface area (Å²) in [7, 11) is 0. The average Bonchev–Trinajstić information content (AvgIpc) is 3.80. The predicted molar refractivity (Wildman–Crippen MR) is 277 cm³/mol. The Balaban J connectivity index is 1.00. The van der Waals surface area contributed by atoms with Crippen molar-refractivity contribution in [1.82, 2.24) is 0 Å². The summed E-state index contributed by atoms with van der Waals surface area (Å²) < 4.78 is 75.1. The molecule has 0 saturated carbocycles. The molecule has 11 aromatic carbocycles. The number of halogens is 4. The van der Waals surface area contributed by atoms with E-state index in [-0.39, 0.29) is 5.56 Å². The molecule has 13 rings (SSSR count). The molecule has 1 aliphatic rings. The van der Waals surface area contributed by atoms with Gasteiger partial charge in [0.05, 0.1) is 22.6 Å². The van der Waals surface area contributed by atoms with Gasteiger partial charge in [-0.15, -0.1) is 0 Å². The summed E-state index contributed by atoms with van der Waals surface area (Å²) in [5.74, 6) is -6.04. The summed E-state index contributed by atoms with van der Waals surface area (Å²) in [6.07, 6.45) is 0. The Kier molecular flexibility index (Phi) is 9.55. The van der Waals surface area contributed by atoms with Gasteiger partial charge in [-0.2, -0.15) is 0 Å². The van der Waals surface area contributed by atoms with Crippen LogP contribution in [0.15, 0.2) is 229 Å². The number of nitrogens with zero attached hydrogens (tertiary/aromatic N) is 3. The summed E-state index contributed by atoms with van der Waals surface area (Å²) in [6, 6.07) is 70.5. The van der Waals surface area contributed by atoms with E-state index in [0.29, 0.717) is 22.1 Å². The van der Waals surface area contributed by atoms with Crippen LogP contribution in [0.2, 0.25) is 0 Å². The first-order valence-corrected chi connectivity index (χ1v) is 22.9. The number of para-hydroxylation sites is 5. The van der Waals surface area contributed by atoms with Crippen molar-refractivity contribution >= 4 is 94.7 Å². The summed E-state index contributed by atoms with van der Waals surface area (Å²) in [4.78, 5) is 5.54. The molecule has 0 radical (unpaired) electrons. The van der Waals surface area contributed by atoms with Gasteiger partial charge in [-0.05, 0) is 106 Å². The highest BCUT2D eigenvalue weighted by Crippen LogP contribution is 2.55. The second kappa shape index (κ2) is 16.3. The van der Waals surface area contributed by atoms with Gasteiger partial charge < -0.3 is 19.1 Å². The maximum Gasteiger partial charge on any atom is 0.186 e. The zero-order valence-corrected chi connectivity index (χ0v) is 37.1. The van der Waals surface area contributed by atoms with Crippen LogP contribution in [0.5, 0.6) is 0 Å². The van der Waals surface area contributed by atoms with Crippen LogP contribution in [-0.2, 0) is 0 Å². The van der Waals surface area contributed by atoms with Gasteiger partial charge in [-0.25, -0.2) is 17.6 Å². The molecule has 0 saturated heterocycles. The lowest BCUT2D eigenvalue weighted by Gasteiger charge is -2.35. The number of benzene rings is 11. The molecule has 0 aliphatic carbocycles. The lowest BCUT2D eigenvalue weighted by Crippen LogP contribution is -2.17. The molecule has 0 N–H and O–H groups in total. The monoisotopic (exact) mass is 915 g/mol. The minimum Gasteiger partial charge on any atom is -0.454 e. The van der Waals surface area contributed by atoms with Gasteiger partial charge in [0.2, 0.25) is 0 Å². The van der Waals surface area contributed by atoms with Crippen molar-refractivity contribution in [2.24, 2.45) is 0 Å². The van der Waals surface area contributed by atoms with E-state index in [2.05, 4.69) is 58.3 Å². The highest BCUT2D eigenvalue weighted by atomic mass is 19.2. The Morgan fingerprint density at radius 2 is 0.943 bits per heavy atom. The van der Waals surface area contributed by atoms with Crippen molar-refractivity contribution in [2.45, 2.75) is 0 Å². The molecule has 1 aromatic heterocycles. The van der Waals surface area contributed by atoms with Crippen molar-refractivity contribution in [3.8, 4) is 22.3 Å². The first-order chi connectivity index (χ1) is 34.4. The van der Waals surface area contributed by atoms with Crippen molar-refractivity contribution < 1.29 is 22.0 Å². The Hall–Kier alpha value is -9.14. The molecule has 0 spiro atoms. The fourth-order valence-corrected chi connectivity index (χ4v) is 10.3. The third kappa shape index (κ3) is 6.37. The van der Waals surface area contributed by atoms with Gasteiger partial charge in [-0.3, -0.25) is 0 Å². The molecule has 0 atom stereocenters. The minimum atomic E-state index is -1.52. The van der Waals surface area contributed by atoms with E-state index in [1.54, 1.807) is 60.7 Å². The number of furan rings is 1. The zero-order chi connectivity index (χ0) is 47.0. The van der Waals surface area contributed by atoms with Crippen molar-refractivity contribution in [1.29, 1.82) is 0 Å². The van der Waals surface area contributed by atoms with Crippen LogP contribution in [0, 0.1) is 23.3 Å². The molecule has 8 heteroatoms. The third-order valence-corrected chi connectivity index (χ3v) is 13.4. The van der Waals surface area contributed by atoms with E-state index in [4.69, 9.17) is 4.42 Å². The van der Waals surface area contributed by atoms with Crippen molar-refractivity contribution in [2.75, 3.05) is 14.7 Å². The maximum atomic E-state index is 17.2. The molecule has 334 valence electrons. The van der Waals surface area contributed by atoms with E-state index < -0.39 is 34.5 Å². The molecule has 4 nitrogen and oxygen atoms in total. The Morgan fingerprint density at radius 1 is 0.371 bits per heavy atom. The van der Waals surface area contributed by atoms with E-state index in [9.17, 15) is 0 Å². The Morgan fingerprint density at radius 3 is 1.70 bits per heavy atom. The van der Waals surface area contributed by atoms with Gasteiger partial charge in [0.1, 0.15) is 11.3 Å². The summed E-state index contributed by atoms with van der Waals surface area (Å²) in [6.45, 7) is 0. The molecular formula is C62H37F4N3O. The van der Waals surface area contributed by atoms with Crippen molar-refractivity contribution in [3.05, 3.63) is 248 Å². The largest absolute Gasteiger partial charge is 0.454 e. The standard InChI is InChI=1S/C62H37F4N3O/c63-57-56(58(64)60(66)61(59(57)65)68(41-20-6-2-7-21-41)43-31-30-38-16-10-11-17-39(38)36-43)49-35-34-48-45-33-32-44(37-53(45)69(42-22-8-3-9-23-42)51-27-14-25-47(49)55(48)51)67(40-18-4-1-5-19-40)52-28-15-26-50-46-24-12-13-29-54(46)70-62(50)52/h1-37H. The first kappa shape index (κ1) is 41.1. The average molecular weight is 916 g/mol. The number of rotatable bonds is 8. The molecule has 0 fully saturated rings. The summed E-state index contributed by atoms with van der Waals surface area (Å²) >= 11 is 0. The molecule has 70 heavy (non-hydrogen) atoms. The number of hydrogen-bond donors (Lipinski definition) is 0. The highest BCUT2D eigenvalue weighted by molar-refractivity contribution is 6.18. The van der Waals surface area contributed by atoms with Crippen LogP contribution < -0.4 is 14.7 Å². The van der Waals surface area contributed by atoms with E-state index in [1.165, 1.54) is 4.90 Å². The molecular weight excluding hydrogens is 879 g/mol. The predicted octanol–water partition coefficient (Wildman–Crippen LogP) is 18.5. The van der Waals surface area contributed by atoms with Crippen molar-refractivity contribution in [3.63, 3.8) is 0 Å². The second-order valence-electron chi connectivity index (χ2n) is 17.3.